The quantitative estimate of drug-likeness (QED) is 0.859. The van der Waals surface area contributed by atoms with E-state index in [9.17, 15) is 21.6 Å². The Morgan fingerprint density at radius 3 is 2.28 bits per heavy atom. The average molecular weight is 280 g/mol. The normalized spacial score (nSPS) is 17.1. The van der Waals surface area contributed by atoms with Crippen LogP contribution in [0.25, 0.3) is 0 Å². The van der Waals surface area contributed by atoms with Crippen LogP contribution in [-0.2, 0) is 10.2 Å². The summed E-state index contributed by atoms with van der Waals surface area (Å²) in [6.07, 6.45) is 1.45. The van der Waals surface area contributed by atoms with Crippen molar-refractivity contribution in [2.45, 2.75) is 12.8 Å². The summed E-state index contributed by atoms with van der Waals surface area (Å²) >= 11 is 0. The molecule has 1 aliphatic rings. The number of halogens is 3. The molecule has 0 amide bonds. The number of rotatable bonds is 3. The summed E-state index contributed by atoms with van der Waals surface area (Å²) in [5.74, 6) is -4.61. The second-order valence-corrected chi connectivity index (χ2v) is 5.61. The van der Waals surface area contributed by atoms with E-state index < -0.39 is 33.3 Å². The van der Waals surface area contributed by atoms with Gasteiger partial charge in [-0.1, -0.05) is 0 Å². The molecule has 1 N–H and O–H groups in total. The maximum atomic E-state index is 13.3. The molecule has 0 saturated carbocycles. The third-order valence-corrected chi connectivity index (χ3v) is 4.20. The van der Waals surface area contributed by atoms with Crippen LogP contribution in [0.3, 0.4) is 0 Å². The summed E-state index contributed by atoms with van der Waals surface area (Å²) in [5, 5.41) is 0. The van der Waals surface area contributed by atoms with Crippen molar-refractivity contribution in [3.63, 3.8) is 0 Å². The zero-order chi connectivity index (χ0) is 13.3. The lowest BCUT2D eigenvalue weighted by atomic mass is 10.3. The lowest BCUT2D eigenvalue weighted by molar-refractivity contribution is 0.448. The second kappa shape index (κ2) is 4.77. The zero-order valence-corrected chi connectivity index (χ0v) is 10.1. The van der Waals surface area contributed by atoms with E-state index in [1.54, 1.807) is 0 Å². The standard InChI is InChI=1S/C10H11F3N2O2S/c11-7-3-4-8(10(13)9(7)12)14-18(16,17)15-5-1-2-6-15/h3-4,14H,1-2,5-6H2. The van der Waals surface area contributed by atoms with Crippen molar-refractivity contribution in [2.75, 3.05) is 17.8 Å². The molecule has 0 unspecified atom stereocenters. The van der Waals surface area contributed by atoms with Gasteiger partial charge < -0.3 is 0 Å². The number of hydrogen-bond acceptors (Lipinski definition) is 2. The molecule has 8 heteroatoms. The predicted octanol–water partition coefficient (Wildman–Crippen LogP) is 1.86. The van der Waals surface area contributed by atoms with Crippen molar-refractivity contribution in [3.05, 3.63) is 29.6 Å². The summed E-state index contributed by atoms with van der Waals surface area (Å²) in [6.45, 7) is 0.668. The van der Waals surface area contributed by atoms with Gasteiger partial charge in [0.25, 0.3) is 0 Å². The third kappa shape index (κ3) is 2.44. The molecule has 0 aromatic heterocycles. The molecule has 0 spiro atoms. The number of hydrogen-bond donors (Lipinski definition) is 1. The molecule has 1 aromatic carbocycles. The Bertz CT molecular complexity index is 556. The molecule has 1 aliphatic heterocycles. The van der Waals surface area contributed by atoms with Gasteiger partial charge in [0, 0.05) is 13.1 Å². The fourth-order valence-electron chi connectivity index (χ4n) is 1.74. The fraction of sp³-hybridized carbons (Fsp3) is 0.400. The second-order valence-electron chi connectivity index (χ2n) is 3.94. The van der Waals surface area contributed by atoms with Crippen LogP contribution in [0.15, 0.2) is 12.1 Å². The first-order valence-electron chi connectivity index (χ1n) is 5.33. The maximum Gasteiger partial charge on any atom is 0.301 e. The molecular weight excluding hydrogens is 269 g/mol. The minimum atomic E-state index is -3.91. The summed E-state index contributed by atoms with van der Waals surface area (Å²) in [4.78, 5) is 0. The molecule has 0 atom stereocenters. The number of benzene rings is 1. The van der Waals surface area contributed by atoms with Crippen LogP contribution in [0.5, 0.6) is 0 Å². The van der Waals surface area contributed by atoms with Gasteiger partial charge in [0.1, 0.15) is 0 Å². The Balaban J connectivity index is 2.26. The van der Waals surface area contributed by atoms with Gasteiger partial charge in [-0.3, -0.25) is 4.72 Å². The van der Waals surface area contributed by atoms with Gasteiger partial charge in [0.2, 0.25) is 0 Å². The highest BCUT2D eigenvalue weighted by atomic mass is 32.2. The third-order valence-electron chi connectivity index (χ3n) is 2.68. The van der Waals surface area contributed by atoms with Crippen molar-refractivity contribution >= 4 is 15.9 Å². The predicted molar refractivity (Wildman–Crippen MR) is 59.7 cm³/mol. The van der Waals surface area contributed by atoms with Crippen molar-refractivity contribution < 1.29 is 21.6 Å². The first-order valence-corrected chi connectivity index (χ1v) is 6.77. The summed E-state index contributed by atoms with van der Waals surface area (Å²) in [6, 6.07) is 1.52. The van der Waals surface area contributed by atoms with E-state index in [2.05, 4.69) is 0 Å². The highest BCUT2D eigenvalue weighted by Crippen LogP contribution is 2.22. The lowest BCUT2D eigenvalue weighted by Crippen LogP contribution is -2.33. The minimum absolute atomic E-state index is 0.334. The van der Waals surface area contributed by atoms with E-state index in [-0.39, 0.29) is 0 Å². The first-order chi connectivity index (χ1) is 8.42. The summed E-state index contributed by atoms with van der Waals surface area (Å²) in [5.41, 5.74) is -0.596. The largest absolute Gasteiger partial charge is 0.301 e. The molecule has 1 heterocycles. The maximum absolute atomic E-state index is 13.3. The molecule has 100 valence electrons. The van der Waals surface area contributed by atoms with Gasteiger partial charge in [-0.25, -0.2) is 13.2 Å². The van der Waals surface area contributed by atoms with Crippen LogP contribution in [0.1, 0.15) is 12.8 Å². The van der Waals surface area contributed by atoms with Gasteiger partial charge in [-0.05, 0) is 25.0 Å². The molecule has 1 saturated heterocycles. The van der Waals surface area contributed by atoms with Gasteiger partial charge >= 0.3 is 10.2 Å². The summed E-state index contributed by atoms with van der Waals surface area (Å²) in [7, 11) is -3.91. The fourth-order valence-corrected chi connectivity index (χ4v) is 3.04. The Labute approximate surface area is 103 Å². The first kappa shape index (κ1) is 13.2. The smallest absolute Gasteiger partial charge is 0.268 e. The molecule has 0 bridgehead atoms. The van der Waals surface area contributed by atoms with Gasteiger partial charge in [0.15, 0.2) is 17.5 Å². The van der Waals surface area contributed by atoms with E-state index >= 15 is 0 Å². The van der Waals surface area contributed by atoms with E-state index in [1.807, 2.05) is 4.72 Å². The van der Waals surface area contributed by atoms with Gasteiger partial charge in [-0.15, -0.1) is 0 Å². The van der Waals surface area contributed by atoms with E-state index in [4.69, 9.17) is 0 Å². The van der Waals surface area contributed by atoms with Crippen LogP contribution < -0.4 is 4.72 Å². The molecule has 1 fully saturated rings. The molecule has 0 aliphatic carbocycles. The molecule has 1 aromatic rings. The van der Waals surface area contributed by atoms with Crippen LogP contribution in [0.4, 0.5) is 18.9 Å². The molecule has 2 rings (SSSR count). The molecule has 4 nitrogen and oxygen atoms in total. The Kier molecular flexibility index (Phi) is 3.49. The van der Waals surface area contributed by atoms with Crippen LogP contribution in [0.2, 0.25) is 0 Å². The highest BCUT2D eigenvalue weighted by molar-refractivity contribution is 7.90. The van der Waals surface area contributed by atoms with Crippen molar-refractivity contribution in [3.8, 4) is 0 Å². The Morgan fingerprint density at radius 2 is 1.67 bits per heavy atom. The number of nitrogens with one attached hydrogen (secondary N) is 1. The van der Waals surface area contributed by atoms with Crippen molar-refractivity contribution in [1.29, 1.82) is 0 Å². The van der Waals surface area contributed by atoms with Gasteiger partial charge in [-0.2, -0.15) is 12.7 Å². The van der Waals surface area contributed by atoms with E-state index in [1.165, 1.54) is 0 Å². The lowest BCUT2D eigenvalue weighted by Gasteiger charge is -2.17. The molecule has 0 radical (unpaired) electrons. The number of nitrogens with zero attached hydrogens (tertiary/aromatic N) is 1. The SMILES string of the molecule is O=S(=O)(Nc1ccc(F)c(F)c1F)N1CCCC1. The van der Waals surface area contributed by atoms with Gasteiger partial charge in [0.05, 0.1) is 5.69 Å². The van der Waals surface area contributed by atoms with Crippen molar-refractivity contribution in [2.24, 2.45) is 0 Å². The molecular formula is C10H11F3N2O2S. The average Bonchev–Trinajstić information content (AvgIpc) is 2.84. The minimum Gasteiger partial charge on any atom is -0.268 e. The van der Waals surface area contributed by atoms with E-state index in [0.29, 0.717) is 19.2 Å². The topological polar surface area (TPSA) is 49.4 Å². The van der Waals surface area contributed by atoms with Crippen molar-refractivity contribution in [1.82, 2.24) is 4.31 Å². The Hall–Kier alpha value is -1.28. The number of anilines is 1. The summed E-state index contributed by atoms with van der Waals surface area (Å²) < 4.78 is 65.6. The van der Waals surface area contributed by atoms with E-state index in [0.717, 1.165) is 23.2 Å². The molecule has 18 heavy (non-hydrogen) atoms. The highest BCUT2D eigenvalue weighted by Gasteiger charge is 2.26. The van der Waals surface area contributed by atoms with Crippen LogP contribution in [0, 0.1) is 17.5 Å². The van der Waals surface area contributed by atoms with Crippen LogP contribution >= 0.6 is 0 Å². The zero-order valence-electron chi connectivity index (χ0n) is 9.29. The monoisotopic (exact) mass is 280 g/mol. The van der Waals surface area contributed by atoms with Crippen LogP contribution in [-0.4, -0.2) is 25.8 Å². The Morgan fingerprint density at radius 1 is 1.06 bits per heavy atom.